The number of nitrogens with one attached hydrogen (secondary N) is 2. The number of phenolic OH excluding ortho intramolecular Hbond substituents is 1. The molecule has 3 N–H and O–H groups in total. The highest BCUT2D eigenvalue weighted by Crippen LogP contribution is 2.32. The number of benzene rings is 2. The second kappa shape index (κ2) is 9.89. The summed E-state index contributed by atoms with van der Waals surface area (Å²) >= 11 is 3.30. The van der Waals surface area contributed by atoms with Crippen LogP contribution in [0.2, 0.25) is 0 Å². The molecular formula is C20H22BrN3O4. The average Bonchev–Trinajstić information content (AvgIpc) is 2.65. The van der Waals surface area contributed by atoms with E-state index in [1.165, 1.54) is 13.3 Å². The van der Waals surface area contributed by atoms with Gasteiger partial charge in [0.25, 0.3) is 0 Å². The fourth-order valence-corrected chi connectivity index (χ4v) is 2.84. The highest BCUT2D eigenvalue weighted by molar-refractivity contribution is 9.10. The number of aromatic hydroxyl groups is 1. The topological polar surface area (TPSA) is 100 Å². The van der Waals surface area contributed by atoms with E-state index in [-0.39, 0.29) is 30.2 Å². The summed E-state index contributed by atoms with van der Waals surface area (Å²) in [5.41, 5.74) is 5.45. The van der Waals surface area contributed by atoms with Crippen molar-refractivity contribution in [1.82, 2.24) is 5.43 Å². The fourth-order valence-electron chi connectivity index (χ4n) is 2.39. The lowest BCUT2D eigenvalue weighted by Crippen LogP contribution is -2.21. The standard InChI is InChI=1S/C20H22BrN3O4/c1-12-4-5-13(2)16(8-12)23-18(25)6-7-19(26)24-22-11-14-9-15(21)10-17(28-3)20(14)27/h4-5,8-11,27H,6-7H2,1-3H3,(H,23,25)(H,24,26)/b22-11+. The molecule has 0 radical (unpaired) electrons. The first-order valence-corrected chi connectivity index (χ1v) is 9.35. The summed E-state index contributed by atoms with van der Waals surface area (Å²) in [6, 6.07) is 9.02. The summed E-state index contributed by atoms with van der Waals surface area (Å²) in [7, 11) is 1.44. The van der Waals surface area contributed by atoms with Crippen LogP contribution in [0.1, 0.15) is 29.5 Å². The number of hydrazone groups is 1. The Balaban J connectivity index is 1.86. The van der Waals surface area contributed by atoms with Crippen molar-refractivity contribution in [3.05, 3.63) is 51.5 Å². The van der Waals surface area contributed by atoms with Gasteiger partial charge in [0.1, 0.15) is 0 Å². The van der Waals surface area contributed by atoms with E-state index >= 15 is 0 Å². The smallest absolute Gasteiger partial charge is 0.240 e. The SMILES string of the molecule is COc1cc(Br)cc(/C=N/NC(=O)CCC(=O)Nc2cc(C)ccc2C)c1O. The number of methoxy groups -OCH3 is 1. The maximum absolute atomic E-state index is 12.0. The Morgan fingerprint density at radius 2 is 1.89 bits per heavy atom. The van der Waals surface area contributed by atoms with Crippen LogP contribution in [0.5, 0.6) is 11.5 Å². The number of hydrogen-bond acceptors (Lipinski definition) is 5. The van der Waals surface area contributed by atoms with Gasteiger partial charge in [-0.25, -0.2) is 5.43 Å². The van der Waals surface area contributed by atoms with Gasteiger partial charge in [0, 0.05) is 28.6 Å². The number of ether oxygens (including phenoxy) is 1. The third kappa shape index (κ3) is 6.09. The predicted octanol–water partition coefficient (Wildman–Crippen LogP) is 3.65. The minimum Gasteiger partial charge on any atom is -0.504 e. The van der Waals surface area contributed by atoms with Gasteiger partial charge in [0.2, 0.25) is 11.8 Å². The van der Waals surface area contributed by atoms with Gasteiger partial charge >= 0.3 is 0 Å². The number of hydrogen-bond donors (Lipinski definition) is 3. The van der Waals surface area contributed by atoms with Crippen LogP contribution in [0.4, 0.5) is 5.69 Å². The number of halogens is 1. The summed E-state index contributed by atoms with van der Waals surface area (Å²) in [6.07, 6.45) is 1.32. The minimum atomic E-state index is -0.409. The molecule has 2 rings (SSSR count). The van der Waals surface area contributed by atoms with Crippen LogP contribution in [0.15, 0.2) is 39.9 Å². The monoisotopic (exact) mass is 447 g/mol. The van der Waals surface area contributed by atoms with Crippen LogP contribution in [0.25, 0.3) is 0 Å². The third-order valence-corrected chi connectivity index (χ3v) is 4.39. The van der Waals surface area contributed by atoms with E-state index in [4.69, 9.17) is 4.74 Å². The molecule has 148 valence electrons. The lowest BCUT2D eigenvalue weighted by molar-refractivity contribution is -0.124. The highest BCUT2D eigenvalue weighted by Gasteiger charge is 2.10. The molecule has 0 heterocycles. The van der Waals surface area contributed by atoms with Crippen LogP contribution < -0.4 is 15.5 Å². The van der Waals surface area contributed by atoms with E-state index in [0.717, 1.165) is 16.8 Å². The zero-order valence-corrected chi connectivity index (χ0v) is 17.5. The summed E-state index contributed by atoms with van der Waals surface area (Å²) in [4.78, 5) is 23.9. The van der Waals surface area contributed by atoms with Gasteiger partial charge in [0.15, 0.2) is 11.5 Å². The van der Waals surface area contributed by atoms with Crippen LogP contribution in [-0.4, -0.2) is 30.2 Å². The van der Waals surface area contributed by atoms with E-state index in [1.807, 2.05) is 32.0 Å². The summed E-state index contributed by atoms with van der Waals surface area (Å²) in [6.45, 7) is 3.85. The van der Waals surface area contributed by atoms with Crippen molar-refractivity contribution in [2.75, 3.05) is 12.4 Å². The maximum Gasteiger partial charge on any atom is 0.240 e. The Morgan fingerprint density at radius 3 is 2.61 bits per heavy atom. The van der Waals surface area contributed by atoms with Crippen LogP contribution in [-0.2, 0) is 9.59 Å². The fraction of sp³-hybridized carbons (Fsp3) is 0.250. The highest BCUT2D eigenvalue weighted by atomic mass is 79.9. The Morgan fingerprint density at radius 1 is 1.18 bits per heavy atom. The van der Waals surface area contributed by atoms with E-state index in [0.29, 0.717) is 10.0 Å². The quantitative estimate of drug-likeness (QED) is 0.445. The van der Waals surface area contributed by atoms with Crippen molar-refractivity contribution in [3.63, 3.8) is 0 Å². The van der Waals surface area contributed by atoms with Crippen molar-refractivity contribution in [2.45, 2.75) is 26.7 Å². The third-order valence-electron chi connectivity index (χ3n) is 3.93. The van der Waals surface area contributed by atoms with Crippen LogP contribution in [0.3, 0.4) is 0 Å². The first kappa shape index (κ1) is 21.4. The predicted molar refractivity (Wildman–Crippen MR) is 112 cm³/mol. The molecule has 0 fully saturated rings. The van der Waals surface area contributed by atoms with Gasteiger partial charge in [0.05, 0.1) is 13.3 Å². The second-order valence-electron chi connectivity index (χ2n) is 6.21. The molecule has 0 spiro atoms. The Bertz CT molecular complexity index is 913. The lowest BCUT2D eigenvalue weighted by Gasteiger charge is -2.09. The Hall–Kier alpha value is -2.87. The largest absolute Gasteiger partial charge is 0.504 e. The molecular weight excluding hydrogens is 426 g/mol. The number of aryl methyl sites for hydroxylation is 2. The molecule has 0 aliphatic heterocycles. The number of phenols is 1. The normalized spacial score (nSPS) is 10.7. The van der Waals surface area contributed by atoms with Crippen molar-refractivity contribution in [2.24, 2.45) is 5.10 Å². The van der Waals surface area contributed by atoms with Gasteiger partial charge in [-0.3, -0.25) is 9.59 Å². The van der Waals surface area contributed by atoms with E-state index < -0.39 is 5.91 Å². The first-order valence-electron chi connectivity index (χ1n) is 8.55. The van der Waals surface area contributed by atoms with Gasteiger partial charge in [-0.1, -0.05) is 28.1 Å². The van der Waals surface area contributed by atoms with Crippen molar-refractivity contribution < 1.29 is 19.4 Å². The van der Waals surface area contributed by atoms with Crippen molar-refractivity contribution >= 4 is 39.6 Å². The van der Waals surface area contributed by atoms with E-state index in [1.54, 1.807) is 12.1 Å². The van der Waals surface area contributed by atoms with Crippen molar-refractivity contribution in [1.29, 1.82) is 0 Å². The Kier molecular flexibility index (Phi) is 7.57. The molecule has 7 nitrogen and oxygen atoms in total. The van der Waals surface area contributed by atoms with Gasteiger partial charge in [-0.05, 0) is 43.2 Å². The molecule has 0 aliphatic carbocycles. The molecule has 2 aromatic carbocycles. The summed E-state index contributed by atoms with van der Waals surface area (Å²) in [5, 5.41) is 16.7. The molecule has 28 heavy (non-hydrogen) atoms. The van der Waals surface area contributed by atoms with Crippen LogP contribution in [0, 0.1) is 13.8 Å². The molecule has 2 amide bonds. The summed E-state index contributed by atoms with van der Waals surface area (Å²) < 4.78 is 5.74. The Labute approximate surface area is 171 Å². The molecule has 8 heteroatoms. The van der Waals surface area contributed by atoms with Crippen molar-refractivity contribution in [3.8, 4) is 11.5 Å². The molecule has 0 saturated carbocycles. The number of rotatable bonds is 7. The first-order chi connectivity index (χ1) is 13.3. The molecule has 0 saturated heterocycles. The van der Waals surface area contributed by atoms with Crippen LogP contribution >= 0.6 is 15.9 Å². The number of carbonyl (C=O) groups is 2. The van der Waals surface area contributed by atoms with Gasteiger partial charge in [-0.15, -0.1) is 0 Å². The lowest BCUT2D eigenvalue weighted by atomic mass is 10.1. The molecule has 0 unspecified atom stereocenters. The summed E-state index contributed by atoms with van der Waals surface area (Å²) in [5.74, 6) is -0.460. The number of anilines is 1. The number of amides is 2. The minimum absolute atomic E-state index is 0.0121. The van der Waals surface area contributed by atoms with E-state index in [9.17, 15) is 14.7 Å². The zero-order chi connectivity index (χ0) is 20.7. The number of nitrogens with zero attached hydrogens (tertiary/aromatic N) is 1. The van der Waals surface area contributed by atoms with Gasteiger partial charge < -0.3 is 15.2 Å². The zero-order valence-electron chi connectivity index (χ0n) is 15.9. The molecule has 0 aliphatic rings. The van der Waals surface area contributed by atoms with Gasteiger partial charge in [-0.2, -0.15) is 5.10 Å². The molecule has 0 bridgehead atoms. The molecule has 0 atom stereocenters. The van der Waals surface area contributed by atoms with E-state index in [2.05, 4.69) is 31.8 Å². The maximum atomic E-state index is 12.0. The average molecular weight is 448 g/mol. The number of carbonyl (C=O) groups excluding carboxylic acids is 2. The second-order valence-corrected chi connectivity index (χ2v) is 7.12. The molecule has 0 aromatic heterocycles. The molecule has 2 aromatic rings.